The molecule has 3 rings (SSSR count). The third kappa shape index (κ3) is 2.87. The minimum absolute atomic E-state index is 0.340. The summed E-state index contributed by atoms with van der Waals surface area (Å²) in [5.74, 6) is 0.443. The van der Waals surface area contributed by atoms with Crippen LogP contribution in [-0.4, -0.2) is 46.1 Å². The Morgan fingerprint density at radius 1 is 1.33 bits per heavy atom. The van der Waals surface area contributed by atoms with Crippen molar-refractivity contribution in [1.29, 1.82) is 0 Å². The average Bonchev–Trinajstić information content (AvgIpc) is 2.97. The van der Waals surface area contributed by atoms with Crippen molar-refractivity contribution in [1.82, 2.24) is 19.7 Å². The first kappa shape index (κ1) is 13.9. The maximum Gasteiger partial charge on any atom is 0.183 e. The topological polar surface area (TPSA) is 56.1 Å². The summed E-state index contributed by atoms with van der Waals surface area (Å²) >= 11 is 0. The van der Waals surface area contributed by atoms with E-state index in [4.69, 9.17) is 4.74 Å². The highest BCUT2D eigenvalue weighted by molar-refractivity contribution is 5.53. The molecule has 0 unspecified atom stereocenters. The molecule has 0 atom stereocenters. The predicted molar refractivity (Wildman–Crippen MR) is 76.5 cm³/mol. The zero-order chi connectivity index (χ0) is 14.7. The first-order valence-corrected chi connectivity index (χ1v) is 7.17. The summed E-state index contributed by atoms with van der Waals surface area (Å²) in [6.45, 7) is 5.33. The maximum atomic E-state index is 14.0. The minimum Gasteiger partial charge on any atom is -0.378 e. The van der Waals surface area contributed by atoms with Gasteiger partial charge in [-0.1, -0.05) is 6.92 Å². The first-order valence-electron chi connectivity index (χ1n) is 7.17. The third-order valence-corrected chi connectivity index (χ3v) is 3.42. The van der Waals surface area contributed by atoms with Gasteiger partial charge in [-0.05, 0) is 12.5 Å². The molecule has 1 saturated heterocycles. The van der Waals surface area contributed by atoms with E-state index < -0.39 is 5.82 Å². The van der Waals surface area contributed by atoms with Crippen LogP contribution in [0.25, 0.3) is 11.5 Å². The number of aromatic nitrogens is 4. The quantitative estimate of drug-likeness (QED) is 0.858. The molecule has 2 aromatic heterocycles. The fourth-order valence-electron chi connectivity index (χ4n) is 2.39. The monoisotopic (exact) mass is 291 g/mol. The molecule has 0 saturated carbocycles. The Kier molecular flexibility index (Phi) is 4.10. The molecule has 1 fully saturated rings. The molecule has 1 aliphatic rings. The van der Waals surface area contributed by atoms with Gasteiger partial charge in [-0.2, -0.15) is 5.10 Å². The normalized spacial score (nSPS) is 15.4. The number of aryl methyl sites for hydroxylation is 1. The lowest BCUT2D eigenvalue weighted by Gasteiger charge is -2.28. The van der Waals surface area contributed by atoms with Crippen molar-refractivity contribution >= 4 is 5.82 Å². The Morgan fingerprint density at radius 3 is 2.90 bits per heavy atom. The van der Waals surface area contributed by atoms with Crippen LogP contribution in [-0.2, 0) is 11.3 Å². The lowest BCUT2D eigenvalue weighted by molar-refractivity contribution is 0.122. The van der Waals surface area contributed by atoms with Gasteiger partial charge in [0.15, 0.2) is 17.5 Å². The number of hydrogen-bond donors (Lipinski definition) is 0. The molecular formula is C14H18FN5O. The molecule has 112 valence electrons. The van der Waals surface area contributed by atoms with Gasteiger partial charge in [-0.25, -0.2) is 14.4 Å². The number of anilines is 1. The van der Waals surface area contributed by atoms with Crippen molar-refractivity contribution in [3.63, 3.8) is 0 Å². The van der Waals surface area contributed by atoms with Crippen LogP contribution in [0.3, 0.4) is 0 Å². The van der Waals surface area contributed by atoms with Crippen LogP contribution in [0.1, 0.15) is 13.3 Å². The average molecular weight is 291 g/mol. The second kappa shape index (κ2) is 6.17. The largest absolute Gasteiger partial charge is 0.378 e. The van der Waals surface area contributed by atoms with Gasteiger partial charge in [0.2, 0.25) is 0 Å². The van der Waals surface area contributed by atoms with Gasteiger partial charge < -0.3 is 9.64 Å². The highest BCUT2D eigenvalue weighted by Gasteiger charge is 2.19. The van der Waals surface area contributed by atoms with E-state index >= 15 is 0 Å². The summed E-state index contributed by atoms with van der Waals surface area (Å²) in [5, 5.41) is 4.26. The molecule has 0 N–H and O–H groups in total. The van der Waals surface area contributed by atoms with Crippen LogP contribution in [0.2, 0.25) is 0 Å². The van der Waals surface area contributed by atoms with E-state index in [0.717, 1.165) is 18.7 Å². The standard InChI is InChI=1S/C14H18FN5O/c1-2-5-20-12(3-4-17-20)13-16-10-11(15)14(18-13)19-6-8-21-9-7-19/h3-4,10H,2,5-9H2,1H3. The van der Waals surface area contributed by atoms with Gasteiger partial charge in [-0.3, -0.25) is 4.68 Å². The fourth-order valence-corrected chi connectivity index (χ4v) is 2.39. The van der Waals surface area contributed by atoms with Crippen LogP contribution in [0.15, 0.2) is 18.5 Å². The van der Waals surface area contributed by atoms with E-state index in [2.05, 4.69) is 22.0 Å². The van der Waals surface area contributed by atoms with Crippen LogP contribution in [0, 0.1) is 5.82 Å². The van der Waals surface area contributed by atoms with Crippen LogP contribution in [0.5, 0.6) is 0 Å². The van der Waals surface area contributed by atoms with Crippen molar-refractivity contribution < 1.29 is 9.13 Å². The lowest BCUT2D eigenvalue weighted by atomic mass is 10.3. The second-order valence-electron chi connectivity index (χ2n) is 4.90. The summed E-state index contributed by atoms with van der Waals surface area (Å²) in [7, 11) is 0. The molecular weight excluding hydrogens is 273 g/mol. The third-order valence-electron chi connectivity index (χ3n) is 3.42. The predicted octanol–water partition coefficient (Wildman–Crippen LogP) is 1.73. The summed E-state index contributed by atoms with van der Waals surface area (Å²) in [6.07, 6.45) is 3.91. The Balaban J connectivity index is 1.94. The summed E-state index contributed by atoms with van der Waals surface area (Å²) < 4.78 is 21.2. The number of halogens is 1. The molecule has 0 spiro atoms. The Morgan fingerprint density at radius 2 is 2.14 bits per heavy atom. The maximum absolute atomic E-state index is 14.0. The molecule has 7 heteroatoms. The SMILES string of the molecule is CCCn1nccc1-c1ncc(F)c(N2CCOCC2)n1. The number of rotatable bonds is 4. The van der Waals surface area contributed by atoms with Gasteiger partial charge in [0.05, 0.1) is 19.4 Å². The summed E-state index contributed by atoms with van der Waals surface area (Å²) in [6, 6.07) is 1.85. The van der Waals surface area contributed by atoms with E-state index in [1.54, 1.807) is 6.20 Å². The van der Waals surface area contributed by atoms with Gasteiger partial charge in [0, 0.05) is 25.8 Å². The van der Waals surface area contributed by atoms with Crippen molar-refractivity contribution in [2.45, 2.75) is 19.9 Å². The van der Waals surface area contributed by atoms with Crippen LogP contribution >= 0.6 is 0 Å². The van der Waals surface area contributed by atoms with Gasteiger partial charge in [0.25, 0.3) is 0 Å². The minimum atomic E-state index is -0.401. The molecule has 3 heterocycles. The first-order chi connectivity index (χ1) is 10.3. The van der Waals surface area contributed by atoms with E-state index in [1.165, 1.54) is 6.20 Å². The molecule has 0 aromatic carbocycles. The zero-order valence-corrected chi connectivity index (χ0v) is 12.0. The van der Waals surface area contributed by atoms with E-state index in [9.17, 15) is 4.39 Å². The number of ether oxygens (including phenoxy) is 1. The number of hydrogen-bond acceptors (Lipinski definition) is 5. The molecule has 0 amide bonds. The van der Waals surface area contributed by atoms with E-state index in [0.29, 0.717) is 37.9 Å². The summed E-state index contributed by atoms with van der Waals surface area (Å²) in [4.78, 5) is 10.4. The Labute approximate surface area is 122 Å². The van der Waals surface area contributed by atoms with Gasteiger partial charge in [0.1, 0.15) is 5.69 Å². The van der Waals surface area contributed by atoms with Crippen LogP contribution in [0.4, 0.5) is 10.2 Å². The van der Waals surface area contributed by atoms with Crippen molar-refractivity contribution in [3.05, 3.63) is 24.3 Å². The summed E-state index contributed by atoms with van der Waals surface area (Å²) in [5.41, 5.74) is 0.811. The fraction of sp³-hybridized carbons (Fsp3) is 0.500. The number of nitrogens with zero attached hydrogens (tertiary/aromatic N) is 5. The zero-order valence-electron chi connectivity index (χ0n) is 12.0. The molecule has 0 radical (unpaired) electrons. The lowest BCUT2D eigenvalue weighted by Crippen LogP contribution is -2.37. The molecule has 1 aliphatic heterocycles. The van der Waals surface area contributed by atoms with Gasteiger partial charge in [-0.15, -0.1) is 0 Å². The smallest absolute Gasteiger partial charge is 0.183 e. The molecule has 6 nitrogen and oxygen atoms in total. The second-order valence-corrected chi connectivity index (χ2v) is 4.90. The van der Waals surface area contributed by atoms with Crippen molar-refractivity contribution in [2.24, 2.45) is 0 Å². The van der Waals surface area contributed by atoms with E-state index in [1.807, 2.05) is 15.6 Å². The van der Waals surface area contributed by atoms with Crippen molar-refractivity contribution in [2.75, 3.05) is 31.2 Å². The van der Waals surface area contributed by atoms with E-state index in [-0.39, 0.29) is 0 Å². The highest BCUT2D eigenvalue weighted by atomic mass is 19.1. The molecule has 21 heavy (non-hydrogen) atoms. The molecule has 0 bridgehead atoms. The van der Waals surface area contributed by atoms with Crippen molar-refractivity contribution in [3.8, 4) is 11.5 Å². The molecule has 0 aliphatic carbocycles. The highest BCUT2D eigenvalue weighted by Crippen LogP contribution is 2.22. The van der Waals surface area contributed by atoms with Gasteiger partial charge >= 0.3 is 0 Å². The molecule has 2 aromatic rings. The number of morpholine rings is 1. The Bertz CT molecular complexity index is 609. The Hall–Kier alpha value is -2.02. The van der Waals surface area contributed by atoms with Crippen LogP contribution < -0.4 is 4.90 Å².